The summed E-state index contributed by atoms with van der Waals surface area (Å²) in [7, 11) is 0. The summed E-state index contributed by atoms with van der Waals surface area (Å²) in [6.07, 6.45) is 0.396. The van der Waals surface area contributed by atoms with Crippen molar-refractivity contribution in [2.45, 2.75) is 13.0 Å². The van der Waals surface area contributed by atoms with Crippen LogP contribution in [0.3, 0.4) is 0 Å². The molecule has 154 valence electrons. The fourth-order valence-corrected chi connectivity index (χ4v) is 3.63. The van der Waals surface area contributed by atoms with Crippen LogP contribution in [-0.4, -0.2) is 38.3 Å². The van der Waals surface area contributed by atoms with Crippen LogP contribution in [0.15, 0.2) is 53.4 Å². The molecule has 1 aliphatic rings. The molecule has 0 bridgehead atoms. The maximum absolute atomic E-state index is 13.8. The second kappa shape index (κ2) is 9.06. The zero-order chi connectivity index (χ0) is 21.8. The molecule has 0 spiro atoms. The normalized spacial score (nSPS) is 15.9. The zero-order valence-corrected chi connectivity index (χ0v) is 17.1. The van der Waals surface area contributed by atoms with Crippen LogP contribution in [-0.2, 0) is 9.59 Å². The molecule has 10 heteroatoms. The minimum atomic E-state index is -1.13. The molecule has 1 heterocycles. The van der Waals surface area contributed by atoms with E-state index in [2.05, 4.69) is 5.43 Å². The van der Waals surface area contributed by atoms with Gasteiger partial charge in [0.15, 0.2) is 10.4 Å². The zero-order valence-electron chi connectivity index (χ0n) is 15.5. The van der Waals surface area contributed by atoms with E-state index in [4.69, 9.17) is 22.1 Å². The minimum Gasteiger partial charge on any atom is -0.479 e. The number of nitrogens with zero attached hydrogens (tertiary/aromatic N) is 1. The van der Waals surface area contributed by atoms with Crippen molar-refractivity contribution in [2.24, 2.45) is 0 Å². The number of nitrogens with one attached hydrogen (secondary N) is 1. The Bertz CT molecular complexity index is 1070. The van der Waals surface area contributed by atoms with Gasteiger partial charge in [0.1, 0.15) is 11.6 Å². The highest BCUT2D eigenvalue weighted by Gasteiger charge is 2.34. The predicted molar refractivity (Wildman–Crippen MR) is 113 cm³/mol. The summed E-state index contributed by atoms with van der Waals surface area (Å²) in [6.45, 7) is 1.39. The van der Waals surface area contributed by atoms with Crippen LogP contribution < -0.4 is 10.2 Å². The molecule has 0 aromatic heterocycles. The topological polar surface area (TPSA) is 95.9 Å². The molecule has 0 radical (unpaired) electrons. The van der Waals surface area contributed by atoms with Gasteiger partial charge in [0.05, 0.1) is 10.5 Å². The number of benzene rings is 2. The van der Waals surface area contributed by atoms with E-state index in [1.807, 2.05) is 0 Å². The lowest BCUT2D eigenvalue weighted by atomic mass is 10.2. The first-order valence-corrected chi connectivity index (χ1v) is 9.82. The Morgan fingerprint density at radius 2 is 1.90 bits per heavy atom. The molecule has 3 rings (SSSR count). The summed E-state index contributed by atoms with van der Waals surface area (Å²) in [5.41, 5.74) is 2.55. The van der Waals surface area contributed by atoms with Gasteiger partial charge in [-0.15, -0.1) is 0 Å². The maximum atomic E-state index is 13.8. The van der Waals surface area contributed by atoms with Crippen LogP contribution in [0.5, 0.6) is 5.75 Å². The molecule has 2 N–H and O–H groups in total. The van der Waals surface area contributed by atoms with Crippen molar-refractivity contribution >= 4 is 52.2 Å². The summed E-state index contributed by atoms with van der Waals surface area (Å²) in [5.74, 6) is -3.00. The van der Waals surface area contributed by atoms with Crippen LogP contribution in [0, 0.1) is 5.82 Å². The highest BCUT2D eigenvalue weighted by atomic mass is 32.2. The van der Waals surface area contributed by atoms with E-state index >= 15 is 0 Å². The lowest BCUT2D eigenvalue weighted by molar-refractivity contribution is -0.144. The summed E-state index contributed by atoms with van der Waals surface area (Å²) in [6, 6.07) is 12.0. The second-order valence-electron chi connectivity index (χ2n) is 6.07. The number of carbonyl (C=O) groups excluding carboxylic acids is 2. The summed E-state index contributed by atoms with van der Waals surface area (Å²) in [5, 5.41) is 9.90. The van der Waals surface area contributed by atoms with Crippen LogP contribution >= 0.6 is 24.0 Å². The van der Waals surface area contributed by atoms with Crippen molar-refractivity contribution in [1.82, 2.24) is 10.4 Å². The number of carboxylic acids is 1. The Labute approximate surface area is 180 Å². The van der Waals surface area contributed by atoms with E-state index in [-0.39, 0.29) is 20.5 Å². The van der Waals surface area contributed by atoms with Gasteiger partial charge in [0, 0.05) is 5.56 Å². The van der Waals surface area contributed by atoms with Crippen molar-refractivity contribution in [2.75, 3.05) is 0 Å². The van der Waals surface area contributed by atoms with Crippen molar-refractivity contribution in [3.05, 3.63) is 70.4 Å². The van der Waals surface area contributed by atoms with Gasteiger partial charge in [0.25, 0.3) is 11.8 Å². The average molecular weight is 446 g/mol. The van der Waals surface area contributed by atoms with Crippen molar-refractivity contribution < 1.29 is 28.6 Å². The molecule has 2 aromatic carbocycles. The largest absolute Gasteiger partial charge is 0.479 e. The Morgan fingerprint density at radius 3 is 2.60 bits per heavy atom. The smallest absolute Gasteiger partial charge is 0.344 e. The van der Waals surface area contributed by atoms with Gasteiger partial charge in [0.2, 0.25) is 0 Å². The Morgan fingerprint density at radius 1 is 1.23 bits per heavy atom. The molecule has 1 unspecified atom stereocenters. The van der Waals surface area contributed by atoms with Crippen LogP contribution in [0.25, 0.3) is 6.08 Å². The van der Waals surface area contributed by atoms with E-state index in [1.54, 1.807) is 24.3 Å². The fourth-order valence-electron chi connectivity index (χ4n) is 2.46. The quantitative estimate of drug-likeness (QED) is 0.520. The van der Waals surface area contributed by atoms with Gasteiger partial charge in [-0.1, -0.05) is 42.1 Å². The first-order valence-electron chi connectivity index (χ1n) is 8.60. The van der Waals surface area contributed by atoms with E-state index in [9.17, 15) is 18.8 Å². The molecule has 0 aliphatic carbocycles. The number of carboxylic acid groups (broad SMARTS) is 1. The third-order valence-electron chi connectivity index (χ3n) is 3.98. The number of rotatable bonds is 6. The van der Waals surface area contributed by atoms with E-state index < -0.39 is 29.7 Å². The summed E-state index contributed by atoms with van der Waals surface area (Å²) in [4.78, 5) is 36.3. The van der Waals surface area contributed by atoms with Crippen molar-refractivity contribution in [3.63, 3.8) is 0 Å². The highest BCUT2D eigenvalue weighted by Crippen LogP contribution is 2.33. The second-order valence-corrected chi connectivity index (χ2v) is 7.75. The molecule has 1 saturated heterocycles. The van der Waals surface area contributed by atoms with Crippen molar-refractivity contribution in [1.29, 1.82) is 0 Å². The molecule has 7 nitrogen and oxygen atoms in total. The molecule has 1 fully saturated rings. The lowest BCUT2D eigenvalue weighted by Crippen LogP contribution is -2.45. The number of halogens is 1. The number of aliphatic carboxylic acids is 1. The van der Waals surface area contributed by atoms with E-state index in [0.29, 0.717) is 5.56 Å². The first-order chi connectivity index (χ1) is 14.3. The van der Waals surface area contributed by atoms with Gasteiger partial charge in [-0.2, -0.15) is 5.01 Å². The number of thioether (sulfide) groups is 1. The van der Waals surface area contributed by atoms with Crippen LogP contribution in [0.4, 0.5) is 4.39 Å². The van der Waals surface area contributed by atoms with Crippen molar-refractivity contribution in [3.8, 4) is 5.75 Å². The number of hydrogen-bond acceptors (Lipinski definition) is 6. The van der Waals surface area contributed by atoms with Gasteiger partial charge < -0.3 is 9.84 Å². The number of thiocarbonyl (C=S) groups is 1. The first kappa shape index (κ1) is 21.5. The van der Waals surface area contributed by atoms with Gasteiger partial charge in [-0.3, -0.25) is 15.0 Å². The number of carbonyl (C=O) groups is 3. The Balaban J connectivity index is 1.81. The third kappa shape index (κ3) is 4.66. The standard InChI is InChI=1S/C20H15FN2O5S2/c1-11(19(26)27)28-15-9-5-2-6-12(15)10-16-18(25)23(20(29)30-16)22-17(24)13-7-3-4-8-14(13)21/h2-11H,1H3,(H,22,24)(H,26,27)/b16-10+. The Kier molecular flexibility index (Phi) is 6.48. The summed E-state index contributed by atoms with van der Waals surface area (Å²) >= 11 is 6.10. The molecular formula is C20H15FN2O5S2. The maximum Gasteiger partial charge on any atom is 0.344 e. The molecule has 2 aromatic rings. The molecular weight excluding hydrogens is 431 g/mol. The monoisotopic (exact) mass is 446 g/mol. The SMILES string of the molecule is CC(Oc1ccccc1/C=C1/SC(=S)N(NC(=O)c2ccccc2F)C1=O)C(=O)O. The Hall–Kier alpha value is -3.24. The molecule has 2 amide bonds. The predicted octanol–water partition coefficient (Wildman–Crippen LogP) is 3.22. The molecule has 1 atom stereocenters. The lowest BCUT2D eigenvalue weighted by Gasteiger charge is -2.16. The minimum absolute atomic E-state index is 0.0632. The molecule has 1 aliphatic heterocycles. The molecule has 0 saturated carbocycles. The highest BCUT2D eigenvalue weighted by molar-refractivity contribution is 8.26. The fraction of sp³-hybridized carbons (Fsp3) is 0.100. The summed E-state index contributed by atoms with van der Waals surface area (Å²) < 4.78 is 19.3. The molecule has 30 heavy (non-hydrogen) atoms. The number of para-hydroxylation sites is 1. The van der Waals surface area contributed by atoms with Gasteiger partial charge in [-0.25, -0.2) is 9.18 Å². The van der Waals surface area contributed by atoms with E-state index in [1.165, 1.54) is 31.2 Å². The van der Waals surface area contributed by atoms with Crippen LogP contribution in [0.2, 0.25) is 0 Å². The number of ether oxygens (including phenoxy) is 1. The average Bonchev–Trinajstić information content (AvgIpc) is 2.97. The third-order valence-corrected chi connectivity index (χ3v) is 5.28. The number of hydrogen-bond donors (Lipinski definition) is 2. The van der Waals surface area contributed by atoms with Crippen LogP contribution in [0.1, 0.15) is 22.8 Å². The van der Waals surface area contributed by atoms with E-state index in [0.717, 1.165) is 22.8 Å². The van der Waals surface area contributed by atoms with Gasteiger partial charge >= 0.3 is 5.97 Å². The van der Waals surface area contributed by atoms with Gasteiger partial charge in [-0.05, 0) is 43.4 Å². The number of hydrazine groups is 1. The number of amides is 2.